The van der Waals surface area contributed by atoms with E-state index in [1.165, 1.54) is 57.8 Å². The number of rotatable bonds is 6. The molecule has 4 saturated carbocycles. The summed E-state index contributed by atoms with van der Waals surface area (Å²) in [6, 6.07) is 2.31. The van der Waals surface area contributed by atoms with Crippen LogP contribution in [0.2, 0.25) is 0 Å². The maximum absolute atomic E-state index is 11.0. The average Bonchev–Trinajstić information content (AvgIpc) is 3.09. The van der Waals surface area contributed by atoms with Crippen molar-refractivity contribution < 1.29 is 5.11 Å². The van der Waals surface area contributed by atoms with E-state index in [9.17, 15) is 5.11 Å². The molecule has 0 aliphatic heterocycles. The highest BCUT2D eigenvalue weighted by Gasteiger charge is 2.61. The van der Waals surface area contributed by atoms with Gasteiger partial charge in [-0.3, -0.25) is 0 Å². The molecule has 2 heteroatoms. The van der Waals surface area contributed by atoms with Crippen molar-refractivity contribution in [3.8, 4) is 6.07 Å². The van der Waals surface area contributed by atoms with Crippen LogP contribution >= 0.6 is 0 Å². The van der Waals surface area contributed by atoms with Gasteiger partial charge in [-0.1, -0.05) is 40.5 Å². The Kier molecular flexibility index (Phi) is 6.36. The Morgan fingerprint density at radius 2 is 1.73 bits per heavy atom. The summed E-state index contributed by atoms with van der Waals surface area (Å²) in [5, 5.41) is 19.8. The summed E-state index contributed by atoms with van der Waals surface area (Å²) in [5.41, 5.74) is 0.657. The topological polar surface area (TPSA) is 44.0 Å². The number of hydrogen-bond donors (Lipinski definition) is 1. The van der Waals surface area contributed by atoms with Crippen molar-refractivity contribution >= 4 is 0 Å². The van der Waals surface area contributed by atoms with Crippen molar-refractivity contribution in [1.29, 1.82) is 5.26 Å². The normalized spacial score (nSPS) is 48.9. The van der Waals surface area contributed by atoms with Gasteiger partial charge < -0.3 is 5.11 Å². The maximum atomic E-state index is 11.0. The fraction of sp³-hybridized carbons (Fsp3) is 0.964. The maximum Gasteiger partial charge on any atom is 0.0648 e. The van der Waals surface area contributed by atoms with Crippen LogP contribution in [0.25, 0.3) is 0 Å². The van der Waals surface area contributed by atoms with Crippen LogP contribution in [-0.4, -0.2) is 10.7 Å². The molecule has 1 N–H and O–H groups in total. The Bertz CT molecular complexity index is 654. The highest BCUT2D eigenvalue weighted by atomic mass is 16.3. The van der Waals surface area contributed by atoms with E-state index in [0.29, 0.717) is 10.8 Å². The first-order valence-corrected chi connectivity index (χ1v) is 13.4. The Labute approximate surface area is 186 Å². The lowest BCUT2D eigenvalue weighted by molar-refractivity contribution is -0.152. The molecule has 0 saturated heterocycles. The van der Waals surface area contributed by atoms with Crippen molar-refractivity contribution in [3.05, 3.63) is 0 Å². The van der Waals surface area contributed by atoms with Crippen LogP contribution in [0.4, 0.5) is 0 Å². The van der Waals surface area contributed by atoms with E-state index in [2.05, 4.69) is 33.8 Å². The van der Waals surface area contributed by atoms with Crippen LogP contribution in [0.5, 0.6) is 0 Å². The van der Waals surface area contributed by atoms with Gasteiger partial charge in [0.05, 0.1) is 11.7 Å². The summed E-state index contributed by atoms with van der Waals surface area (Å²) in [6.45, 7) is 9.99. The molecule has 4 fully saturated rings. The van der Waals surface area contributed by atoms with E-state index in [0.717, 1.165) is 67.6 Å². The molecule has 2 nitrogen and oxygen atoms in total. The Hall–Kier alpha value is -0.550. The average molecular weight is 414 g/mol. The smallest absolute Gasteiger partial charge is 0.0648 e. The van der Waals surface area contributed by atoms with Crippen molar-refractivity contribution in [1.82, 2.24) is 0 Å². The summed E-state index contributed by atoms with van der Waals surface area (Å²) in [6.07, 6.45) is 17.2. The minimum Gasteiger partial charge on any atom is -0.390 e. The largest absolute Gasteiger partial charge is 0.390 e. The minimum atomic E-state index is -0.375. The molecular formula is C28H47NO. The third kappa shape index (κ3) is 3.66. The van der Waals surface area contributed by atoms with Gasteiger partial charge in [0.25, 0.3) is 0 Å². The molecule has 4 rings (SSSR count). The molecule has 0 aromatic rings. The first kappa shape index (κ1) is 22.6. The van der Waals surface area contributed by atoms with Crippen molar-refractivity contribution in [2.75, 3.05) is 0 Å². The first-order chi connectivity index (χ1) is 14.3. The number of fused-ring (bicyclic) bond motifs is 5. The third-order valence-corrected chi connectivity index (χ3v) is 11.4. The second kappa shape index (κ2) is 8.42. The quantitative estimate of drug-likeness (QED) is 0.458. The monoisotopic (exact) mass is 413 g/mol. The molecule has 6 unspecified atom stereocenters. The Morgan fingerprint density at radius 1 is 0.967 bits per heavy atom. The molecule has 4 aliphatic rings. The van der Waals surface area contributed by atoms with Crippen molar-refractivity contribution in [3.63, 3.8) is 0 Å². The van der Waals surface area contributed by atoms with Gasteiger partial charge in [-0.15, -0.1) is 0 Å². The highest BCUT2D eigenvalue weighted by molar-refractivity contribution is 5.10. The number of nitriles is 1. The van der Waals surface area contributed by atoms with Crippen molar-refractivity contribution in [2.45, 2.75) is 123 Å². The van der Waals surface area contributed by atoms with Gasteiger partial charge in [0, 0.05) is 6.42 Å². The summed E-state index contributed by atoms with van der Waals surface area (Å²) in [7, 11) is 0. The molecule has 0 heterocycles. The molecule has 0 bridgehead atoms. The summed E-state index contributed by atoms with van der Waals surface area (Å²) < 4.78 is 0. The van der Waals surface area contributed by atoms with Crippen LogP contribution in [0.15, 0.2) is 0 Å². The molecular weight excluding hydrogens is 366 g/mol. The van der Waals surface area contributed by atoms with Gasteiger partial charge in [-0.2, -0.15) is 5.26 Å². The van der Waals surface area contributed by atoms with Crippen LogP contribution in [0.3, 0.4) is 0 Å². The molecule has 0 aromatic carbocycles. The number of unbranched alkanes of at least 4 members (excludes halogenated alkanes) is 2. The predicted octanol–water partition coefficient (Wildman–Crippen LogP) is 7.51. The SMILES string of the molecule is CC[C@]1(O)CCC2(C)C3CCC4(C)C(CCC4[C@H](C)CCCCC#N)C3CC[C@H]2C1. The molecule has 0 amide bonds. The van der Waals surface area contributed by atoms with Gasteiger partial charge in [0.1, 0.15) is 0 Å². The fourth-order valence-corrected chi connectivity index (χ4v) is 9.49. The molecule has 170 valence electrons. The zero-order chi connectivity index (χ0) is 21.6. The lowest BCUT2D eigenvalue weighted by atomic mass is 9.43. The zero-order valence-corrected chi connectivity index (χ0v) is 20.3. The molecule has 30 heavy (non-hydrogen) atoms. The standard InChI is InChI=1S/C28H47NO/c1-5-28(30)17-16-26(3)21(19-28)10-11-22-24-13-12-23(20(2)9-7-6-8-18-29)27(24,4)15-14-25(22)26/h20-25,30H,5-17,19H2,1-4H3/t20-,21+,22?,23?,24?,25?,26?,27?,28+/m1/s1. The molecule has 9 atom stereocenters. The number of nitrogens with zero attached hydrogens (tertiary/aromatic N) is 1. The lowest BCUT2D eigenvalue weighted by Gasteiger charge is -2.62. The summed E-state index contributed by atoms with van der Waals surface area (Å²) in [4.78, 5) is 0. The van der Waals surface area contributed by atoms with E-state index in [1.54, 1.807) is 0 Å². The lowest BCUT2D eigenvalue weighted by Crippen LogP contribution is -2.56. The van der Waals surface area contributed by atoms with E-state index in [-0.39, 0.29) is 5.60 Å². The molecule has 0 radical (unpaired) electrons. The summed E-state index contributed by atoms with van der Waals surface area (Å²) in [5.74, 6) is 5.24. The predicted molar refractivity (Wildman–Crippen MR) is 124 cm³/mol. The summed E-state index contributed by atoms with van der Waals surface area (Å²) >= 11 is 0. The first-order valence-electron chi connectivity index (χ1n) is 13.4. The molecule has 0 aromatic heterocycles. The van der Waals surface area contributed by atoms with E-state index in [1.807, 2.05) is 0 Å². The molecule has 4 aliphatic carbocycles. The highest BCUT2D eigenvalue weighted by Crippen LogP contribution is 2.69. The Morgan fingerprint density at radius 3 is 2.47 bits per heavy atom. The van der Waals surface area contributed by atoms with Gasteiger partial charge in [0.2, 0.25) is 0 Å². The number of hydrogen-bond acceptors (Lipinski definition) is 2. The van der Waals surface area contributed by atoms with Crippen LogP contribution in [0.1, 0.15) is 118 Å². The Balaban J connectivity index is 1.46. The van der Waals surface area contributed by atoms with Crippen LogP contribution in [-0.2, 0) is 0 Å². The van der Waals surface area contributed by atoms with Crippen LogP contribution in [0, 0.1) is 57.7 Å². The third-order valence-electron chi connectivity index (χ3n) is 11.4. The zero-order valence-electron chi connectivity index (χ0n) is 20.3. The van der Waals surface area contributed by atoms with Gasteiger partial charge in [-0.05, 0) is 117 Å². The van der Waals surface area contributed by atoms with E-state index < -0.39 is 0 Å². The van der Waals surface area contributed by atoms with Crippen LogP contribution < -0.4 is 0 Å². The second-order valence-electron chi connectivity index (χ2n) is 12.5. The van der Waals surface area contributed by atoms with Gasteiger partial charge in [0.15, 0.2) is 0 Å². The number of aliphatic hydroxyl groups is 1. The van der Waals surface area contributed by atoms with Crippen molar-refractivity contribution in [2.24, 2.45) is 46.3 Å². The van der Waals surface area contributed by atoms with E-state index in [4.69, 9.17) is 5.26 Å². The minimum absolute atomic E-state index is 0.375. The van der Waals surface area contributed by atoms with E-state index >= 15 is 0 Å². The fourth-order valence-electron chi connectivity index (χ4n) is 9.49. The van der Waals surface area contributed by atoms with Gasteiger partial charge in [-0.25, -0.2) is 0 Å². The second-order valence-corrected chi connectivity index (χ2v) is 12.5. The molecule has 0 spiro atoms. The van der Waals surface area contributed by atoms with Gasteiger partial charge >= 0.3 is 0 Å².